The zero-order valence-corrected chi connectivity index (χ0v) is 18.7. The second-order valence-corrected chi connectivity index (χ2v) is 8.74. The van der Waals surface area contributed by atoms with Crippen molar-refractivity contribution in [3.05, 3.63) is 53.6 Å². The molecule has 2 aromatic rings. The molecule has 0 radical (unpaired) electrons. The van der Waals surface area contributed by atoms with E-state index in [2.05, 4.69) is 26.3 Å². The van der Waals surface area contributed by atoms with E-state index < -0.39 is 0 Å². The van der Waals surface area contributed by atoms with Gasteiger partial charge in [0.1, 0.15) is 0 Å². The molecule has 2 aliphatic rings. The lowest BCUT2D eigenvalue weighted by atomic mass is 9.93. The van der Waals surface area contributed by atoms with E-state index in [1.165, 1.54) is 12.8 Å². The number of nitrogens with one attached hydrogen (secondary N) is 4. The minimum absolute atomic E-state index is 0.00878. The molecule has 0 unspecified atom stereocenters. The molecule has 2 aromatic carbocycles. The van der Waals surface area contributed by atoms with Gasteiger partial charge in [-0.05, 0) is 60.7 Å². The number of hydrogen-bond acceptors (Lipinski definition) is 5. The highest BCUT2D eigenvalue weighted by molar-refractivity contribution is 6.06. The minimum Gasteiger partial charge on any atom is -0.355 e. The van der Waals surface area contributed by atoms with Gasteiger partial charge in [-0.25, -0.2) is 0 Å². The third-order valence-electron chi connectivity index (χ3n) is 5.95. The Hall–Kier alpha value is -3.35. The molecule has 0 saturated heterocycles. The van der Waals surface area contributed by atoms with Crippen LogP contribution in [0.25, 0.3) is 0 Å². The third kappa shape index (κ3) is 5.28. The first-order valence-corrected chi connectivity index (χ1v) is 11.4. The van der Waals surface area contributed by atoms with Crippen LogP contribution in [0.2, 0.25) is 0 Å². The fourth-order valence-corrected chi connectivity index (χ4v) is 4.17. The Bertz CT molecular complexity index is 1020. The number of amides is 2. The van der Waals surface area contributed by atoms with Crippen molar-refractivity contribution < 1.29 is 9.59 Å². The van der Waals surface area contributed by atoms with Crippen LogP contribution in [-0.2, 0) is 4.79 Å². The Balaban J connectivity index is 1.56. The summed E-state index contributed by atoms with van der Waals surface area (Å²) in [5.74, 6) is 0.730. The Morgan fingerprint density at radius 3 is 2.53 bits per heavy atom. The van der Waals surface area contributed by atoms with Gasteiger partial charge in [-0.2, -0.15) is 0 Å². The highest BCUT2D eigenvalue weighted by Gasteiger charge is 2.22. The van der Waals surface area contributed by atoms with Gasteiger partial charge in [0, 0.05) is 35.1 Å². The van der Waals surface area contributed by atoms with Crippen LogP contribution in [-0.4, -0.2) is 30.9 Å². The van der Waals surface area contributed by atoms with Gasteiger partial charge in [-0.3, -0.25) is 19.9 Å². The largest absolute Gasteiger partial charge is 0.355 e. The van der Waals surface area contributed by atoms with E-state index in [1.54, 1.807) is 0 Å². The standard InChI is InChI=1S/C25H31N5O2/c1-16(2)23(31)29-20-9-5-8-19(15-20)28-22-11-10-18(14-21(22)17-6-3-4-7-17)24(32)30-25-26-12-13-27-25/h5,8-11,14-17,28H,3-4,6-7,12-13H2,1-2H3,(H,29,31)(H2,26,27,30,32). The number of benzene rings is 2. The van der Waals surface area contributed by atoms with E-state index >= 15 is 0 Å². The summed E-state index contributed by atoms with van der Waals surface area (Å²) in [4.78, 5) is 29.0. The smallest absolute Gasteiger partial charge is 0.257 e. The van der Waals surface area contributed by atoms with Crippen LogP contribution in [0.5, 0.6) is 0 Å². The Kier molecular flexibility index (Phi) is 6.73. The lowest BCUT2D eigenvalue weighted by Gasteiger charge is -2.19. The van der Waals surface area contributed by atoms with Crippen molar-refractivity contribution in [3.8, 4) is 0 Å². The van der Waals surface area contributed by atoms with Crippen LogP contribution in [0.15, 0.2) is 47.5 Å². The Labute approximate surface area is 189 Å². The quantitative estimate of drug-likeness (QED) is 0.544. The predicted octanol–water partition coefficient (Wildman–Crippen LogP) is 4.37. The molecular weight excluding hydrogens is 402 g/mol. The molecule has 1 heterocycles. The molecular formula is C25H31N5O2. The molecule has 1 aliphatic carbocycles. The molecule has 168 valence electrons. The molecule has 0 aromatic heterocycles. The molecule has 7 heteroatoms. The highest BCUT2D eigenvalue weighted by Crippen LogP contribution is 2.39. The van der Waals surface area contributed by atoms with E-state index in [-0.39, 0.29) is 17.7 Å². The van der Waals surface area contributed by atoms with Gasteiger partial charge in [0.05, 0.1) is 6.54 Å². The summed E-state index contributed by atoms with van der Waals surface area (Å²) in [6.07, 6.45) is 4.66. The normalized spacial score (nSPS) is 15.9. The maximum Gasteiger partial charge on any atom is 0.257 e. The van der Waals surface area contributed by atoms with E-state index in [0.29, 0.717) is 24.0 Å². The summed E-state index contributed by atoms with van der Waals surface area (Å²) in [6, 6.07) is 13.5. The number of anilines is 3. The lowest BCUT2D eigenvalue weighted by molar-refractivity contribution is -0.118. The van der Waals surface area contributed by atoms with Gasteiger partial charge >= 0.3 is 0 Å². The second kappa shape index (κ2) is 9.85. The van der Waals surface area contributed by atoms with Gasteiger partial charge in [-0.15, -0.1) is 0 Å². The average molecular weight is 434 g/mol. The average Bonchev–Trinajstić information content (AvgIpc) is 3.48. The first-order valence-electron chi connectivity index (χ1n) is 11.4. The van der Waals surface area contributed by atoms with Crippen LogP contribution >= 0.6 is 0 Å². The van der Waals surface area contributed by atoms with Gasteiger partial charge < -0.3 is 16.0 Å². The number of aliphatic imine (C=N–C) groups is 1. The number of carbonyl (C=O) groups excluding carboxylic acids is 2. The zero-order valence-electron chi connectivity index (χ0n) is 18.7. The first kappa shape index (κ1) is 21.9. The Morgan fingerprint density at radius 1 is 1.03 bits per heavy atom. The van der Waals surface area contributed by atoms with Crippen molar-refractivity contribution in [2.75, 3.05) is 23.7 Å². The van der Waals surface area contributed by atoms with Crippen molar-refractivity contribution in [3.63, 3.8) is 0 Å². The molecule has 1 saturated carbocycles. The molecule has 32 heavy (non-hydrogen) atoms. The van der Waals surface area contributed by atoms with Gasteiger partial charge in [0.25, 0.3) is 5.91 Å². The third-order valence-corrected chi connectivity index (χ3v) is 5.95. The van der Waals surface area contributed by atoms with E-state index in [4.69, 9.17) is 0 Å². The van der Waals surface area contributed by atoms with Crippen molar-refractivity contribution in [2.45, 2.75) is 45.4 Å². The van der Waals surface area contributed by atoms with Crippen LogP contribution in [0.4, 0.5) is 17.1 Å². The van der Waals surface area contributed by atoms with Crippen molar-refractivity contribution in [1.82, 2.24) is 10.6 Å². The predicted molar refractivity (Wildman–Crippen MR) is 129 cm³/mol. The molecule has 1 fully saturated rings. The fraction of sp³-hybridized carbons (Fsp3) is 0.400. The van der Waals surface area contributed by atoms with Gasteiger partial charge in [-0.1, -0.05) is 32.8 Å². The number of carbonyl (C=O) groups is 2. The lowest BCUT2D eigenvalue weighted by Crippen LogP contribution is -2.38. The fourth-order valence-electron chi connectivity index (χ4n) is 4.17. The van der Waals surface area contributed by atoms with Crippen molar-refractivity contribution in [1.29, 1.82) is 0 Å². The van der Waals surface area contributed by atoms with Gasteiger partial charge in [0.2, 0.25) is 5.91 Å². The van der Waals surface area contributed by atoms with Crippen LogP contribution in [0.1, 0.15) is 61.4 Å². The second-order valence-electron chi connectivity index (χ2n) is 8.74. The molecule has 4 rings (SSSR count). The van der Waals surface area contributed by atoms with E-state index in [0.717, 1.165) is 42.0 Å². The number of guanidine groups is 1. The summed E-state index contributed by atoms with van der Waals surface area (Å²) in [5.41, 5.74) is 4.45. The molecule has 0 spiro atoms. The molecule has 2 amide bonds. The maximum absolute atomic E-state index is 12.7. The van der Waals surface area contributed by atoms with Gasteiger partial charge in [0.15, 0.2) is 5.96 Å². The number of hydrogen-bond donors (Lipinski definition) is 4. The van der Waals surface area contributed by atoms with Crippen LogP contribution in [0.3, 0.4) is 0 Å². The highest BCUT2D eigenvalue weighted by atomic mass is 16.2. The van der Waals surface area contributed by atoms with Crippen LogP contribution in [0, 0.1) is 5.92 Å². The minimum atomic E-state index is -0.151. The monoisotopic (exact) mass is 433 g/mol. The van der Waals surface area contributed by atoms with Crippen molar-refractivity contribution in [2.24, 2.45) is 10.9 Å². The Morgan fingerprint density at radius 2 is 1.81 bits per heavy atom. The molecule has 0 bridgehead atoms. The topological polar surface area (TPSA) is 94.6 Å². The SMILES string of the molecule is CC(C)C(=O)Nc1cccc(Nc2ccc(C(=O)NC3=NCCN3)cc2C2CCCC2)c1. The summed E-state index contributed by atoms with van der Waals surface area (Å²) < 4.78 is 0. The maximum atomic E-state index is 12.7. The summed E-state index contributed by atoms with van der Waals surface area (Å²) >= 11 is 0. The summed E-state index contributed by atoms with van der Waals surface area (Å²) in [7, 11) is 0. The van der Waals surface area contributed by atoms with Crippen LogP contribution < -0.4 is 21.3 Å². The van der Waals surface area contributed by atoms with E-state index in [9.17, 15) is 9.59 Å². The first-order chi connectivity index (χ1) is 15.5. The van der Waals surface area contributed by atoms with E-state index in [1.807, 2.05) is 56.3 Å². The number of rotatable bonds is 6. The van der Waals surface area contributed by atoms with Crippen molar-refractivity contribution >= 4 is 34.8 Å². The molecule has 4 N–H and O–H groups in total. The summed E-state index contributed by atoms with van der Waals surface area (Å²) in [6.45, 7) is 5.18. The number of nitrogens with zero attached hydrogens (tertiary/aromatic N) is 1. The molecule has 7 nitrogen and oxygen atoms in total. The summed E-state index contributed by atoms with van der Waals surface area (Å²) in [5, 5.41) is 12.4. The molecule has 0 atom stereocenters. The molecule has 1 aliphatic heterocycles. The zero-order chi connectivity index (χ0) is 22.5.